The van der Waals surface area contributed by atoms with Gasteiger partial charge in [-0.1, -0.05) is 0 Å². The van der Waals surface area contributed by atoms with Crippen LogP contribution in [0.2, 0.25) is 0 Å². The number of carbonyl (C=O) groups is 1. The molecule has 0 bridgehead atoms. The highest BCUT2D eigenvalue weighted by atomic mass is 16.4. The molecule has 2 rings (SSSR count). The molecule has 0 spiro atoms. The molecule has 1 saturated heterocycles. The number of carboxylic acid groups (broad SMARTS) is 1. The summed E-state index contributed by atoms with van der Waals surface area (Å²) in [4.78, 5) is 21.8. The Balaban J connectivity index is 2.04. The zero-order valence-corrected chi connectivity index (χ0v) is 11.6. The second-order valence-corrected chi connectivity index (χ2v) is 5.31. The van der Waals surface area contributed by atoms with Crippen LogP contribution >= 0.6 is 0 Å². The largest absolute Gasteiger partial charge is 0.481 e. The van der Waals surface area contributed by atoms with E-state index in [1.165, 1.54) is 0 Å². The fourth-order valence-electron chi connectivity index (χ4n) is 2.64. The second-order valence-electron chi connectivity index (χ2n) is 5.31. The minimum absolute atomic E-state index is 0.261. The molecule has 0 radical (unpaired) electrons. The molecule has 5 heteroatoms. The molecule has 1 aromatic heterocycles. The lowest BCUT2D eigenvalue weighted by Gasteiger charge is -2.34. The van der Waals surface area contributed by atoms with Crippen LogP contribution in [0.1, 0.15) is 37.1 Å². The summed E-state index contributed by atoms with van der Waals surface area (Å²) >= 11 is 0. The Kier molecular flexibility index (Phi) is 4.35. The Morgan fingerprint density at radius 2 is 2.32 bits per heavy atom. The van der Waals surface area contributed by atoms with E-state index < -0.39 is 5.97 Å². The molecule has 0 amide bonds. The first-order valence-electron chi connectivity index (χ1n) is 6.83. The van der Waals surface area contributed by atoms with Crippen molar-refractivity contribution in [1.82, 2.24) is 9.97 Å². The van der Waals surface area contributed by atoms with Gasteiger partial charge in [0, 0.05) is 25.7 Å². The molecule has 2 heterocycles. The molecule has 1 aliphatic heterocycles. The van der Waals surface area contributed by atoms with Gasteiger partial charge in [0.1, 0.15) is 5.82 Å². The van der Waals surface area contributed by atoms with Gasteiger partial charge in [0.25, 0.3) is 0 Å². The summed E-state index contributed by atoms with van der Waals surface area (Å²) in [6.07, 6.45) is 5.01. The number of aromatic nitrogens is 2. The summed E-state index contributed by atoms with van der Waals surface area (Å²) in [6, 6.07) is 0. The van der Waals surface area contributed by atoms with E-state index in [4.69, 9.17) is 5.11 Å². The van der Waals surface area contributed by atoms with Crippen molar-refractivity contribution in [2.24, 2.45) is 5.92 Å². The van der Waals surface area contributed by atoms with E-state index in [0.717, 1.165) is 49.6 Å². The average molecular weight is 263 g/mol. The van der Waals surface area contributed by atoms with E-state index in [1.807, 2.05) is 13.8 Å². The van der Waals surface area contributed by atoms with Gasteiger partial charge in [0.05, 0.1) is 11.4 Å². The third kappa shape index (κ3) is 3.66. The molecule has 1 N–H and O–H groups in total. The van der Waals surface area contributed by atoms with E-state index in [-0.39, 0.29) is 6.42 Å². The summed E-state index contributed by atoms with van der Waals surface area (Å²) in [5.74, 6) is 0.704. The highest BCUT2D eigenvalue weighted by Crippen LogP contribution is 2.26. The van der Waals surface area contributed by atoms with Crippen LogP contribution in [-0.4, -0.2) is 34.1 Å². The van der Waals surface area contributed by atoms with Crippen LogP contribution in [0.5, 0.6) is 0 Å². The number of nitrogens with zero attached hydrogens (tertiary/aromatic N) is 3. The Morgan fingerprint density at radius 1 is 1.53 bits per heavy atom. The lowest BCUT2D eigenvalue weighted by molar-refractivity contribution is -0.137. The number of aliphatic carboxylic acids is 1. The number of anilines is 1. The smallest absolute Gasteiger partial charge is 0.303 e. The first-order valence-corrected chi connectivity index (χ1v) is 6.83. The predicted octanol–water partition coefficient (Wildman–Crippen LogP) is 2.17. The highest BCUT2D eigenvalue weighted by Gasteiger charge is 2.22. The maximum atomic E-state index is 10.7. The van der Waals surface area contributed by atoms with Gasteiger partial charge in [-0.2, -0.15) is 0 Å². The van der Waals surface area contributed by atoms with Gasteiger partial charge in [-0.05, 0) is 39.0 Å². The van der Waals surface area contributed by atoms with Crippen LogP contribution in [0.3, 0.4) is 0 Å². The molecular formula is C14H21N3O2. The monoisotopic (exact) mass is 263 g/mol. The number of hydrogen-bond acceptors (Lipinski definition) is 4. The van der Waals surface area contributed by atoms with Crippen LogP contribution in [0.4, 0.5) is 5.82 Å². The van der Waals surface area contributed by atoms with Gasteiger partial charge in [0.15, 0.2) is 0 Å². The van der Waals surface area contributed by atoms with E-state index in [1.54, 1.807) is 6.20 Å². The molecule has 1 unspecified atom stereocenters. The highest BCUT2D eigenvalue weighted by molar-refractivity contribution is 5.66. The normalized spacial score (nSPS) is 19.5. The minimum atomic E-state index is -0.705. The van der Waals surface area contributed by atoms with Crippen molar-refractivity contribution in [1.29, 1.82) is 0 Å². The zero-order valence-electron chi connectivity index (χ0n) is 11.6. The third-order valence-electron chi connectivity index (χ3n) is 3.64. The van der Waals surface area contributed by atoms with Crippen molar-refractivity contribution in [3.05, 3.63) is 17.6 Å². The van der Waals surface area contributed by atoms with Crippen molar-refractivity contribution in [3.8, 4) is 0 Å². The van der Waals surface area contributed by atoms with E-state index in [2.05, 4.69) is 14.9 Å². The first-order chi connectivity index (χ1) is 9.06. The molecule has 1 fully saturated rings. The first kappa shape index (κ1) is 13.8. The second kappa shape index (κ2) is 5.99. The Bertz CT molecular complexity index is 462. The van der Waals surface area contributed by atoms with Gasteiger partial charge in [-0.25, -0.2) is 4.98 Å². The average Bonchev–Trinajstić information content (AvgIpc) is 2.39. The van der Waals surface area contributed by atoms with E-state index >= 15 is 0 Å². The molecule has 0 aromatic carbocycles. The van der Waals surface area contributed by atoms with E-state index in [0.29, 0.717) is 5.92 Å². The van der Waals surface area contributed by atoms with Crippen LogP contribution in [0.15, 0.2) is 6.20 Å². The number of carboxylic acids is 1. The van der Waals surface area contributed by atoms with Crippen molar-refractivity contribution >= 4 is 11.8 Å². The van der Waals surface area contributed by atoms with Crippen molar-refractivity contribution in [3.63, 3.8) is 0 Å². The molecule has 1 aromatic rings. The minimum Gasteiger partial charge on any atom is -0.481 e. The van der Waals surface area contributed by atoms with Gasteiger partial charge < -0.3 is 10.0 Å². The lowest BCUT2D eigenvalue weighted by Crippen LogP contribution is -2.36. The van der Waals surface area contributed by atoms with Crippen molar-refractivity contribution < 1.29 is 9.90 Å². The molecule has 1 aliphatic rings. The maximum absolute atomic E-state index is 10.7. The van der Waals surface area contributed by atoms with Crippen molar-refractivity contribution in [2.75, 3.05) is 18.0 Å². The van der Waals surface area contributed by atoms with Gasteiger partial charge in [0.2, 0.25) is 0 Å². The molecule has 19 heavy (non-hydrogen) atoms. The number of aryl methyl sites for hydroxylation is 2. The molecule has 5 nitrogen and oxygen atoms in total. The Hall–Kier alpha value is -1.65. The third-order valence-corrected chi connectivity index (χ3v) is 3.64. The zero-order chi connectivity index (χ0) is 13.8. The summed E-state index contributed by atoms with van der Waals surface area (Å²) < 4.78 is 0. The fourth-order valence-corrected chi connectivity index (χ4v) is 2.64. The van der Waals surface area contributed by atoms with Gasteiger partial charge >= 0.3 is 5.97 Å². The molecule has 0 saturated carbocycles. The maximum Gasteiger partial charge on any atom is 0.303 e. The molecule has 0 aliphatic carbocycles. The Labute approximate surface area is 113 Å². The van der Waals surface area contributed by atoms with Crippen LogP contribution in [0.25, 0.3) is 0 Å². The number of piperidine rings is 1. The summed E-state index contributed by atoms with van der Waals surface area (Å²) in [5, 5.41) is 8.77. The standard InChI is InChI=1S/C14H21N3O2/c1-10-8-15-11(2)14(16-10)17-7-3-4-12(9-17)5-6-13(18)19/h8,12H,3-7,9H2,1-2H3,(H,18,19). The topological polar surface area (TPSA) is 66.3 Å². The van der Waals surface area contributed by atoms with Crippen LogP contribution in [0, 0.1) is 19.8 Å². The number of hydrogen-bond donors (Lipinski definition) is 1. The van der Waals surface area contributed by atoms with E-state index in [9.17, 15) is 4.79 Å². The fraction of sp³-hybridized carbons (Fsp3) is 0.643. The summed E-state index contributed by atoms with van der Waals surface area (Å²) in [5.41, 5.74) is 1.87. The predicted molar refractivity (Wildman–Crippen MR) is 73.3 cm³/mol. The SMILES string of the molecule is Cc1cnc(C)c(N2CCCC(CCC(=O)O)C2)n1. The molecule has 104 valence electrons. The van der Waals surface area contributed by atoms with Gasteiger partial charge in [-0.3, -0.25) is 9.78 Å². The summed E-state index contributed by atoms with van der Waals surface area (Å²) in [7, 11) is 0. The van der Waals surface area contributed by atoms with Crippen LogP contribution < -0.4 is 4.90 Å². The summed E-state index contributed by atoms with van der Waals surface area (Å²) in [6.45, 7) is 5.80. The van der Waals surface area contributed by atoms with Gasteiger partial charge in [-0.15, -0.1) is 0 Å². The lowest BCUT2D eigenvalue weighted by atomic mass is 9.93. The number of rotatable bonds is 4. The van der Waals surface area contributed by atoms with Crippen molar-refractivity contribution in [2.45, 2.75) is 39.5 Å². The molecular weight excluding hydrogens is 242 g/mol. The molecule has 1 atom stereocenters. The quantitative estimate of drug-likeness (QED) is 0.901. The Morgan fingerprint density at radius 3 is 3.05 bits per heavy atom. The van der Waals surface area contributed by atoms with Crippen LogP contribution in [-0.2, 0) is 4.79 Å².